The molecule has 12 heteroatoms. The molecule has 1 aliphatic heterocycles. The number of carbonyl (C=O) groups is 2. The molecule has 2 amide bonds. The number of nitro benzene ring substituents is 1. The van der Waals surface area contributed by atoms with Crippen molar-refractivity contribution in [1.82, 2.24) is 9.80 Å². The molecule has 0 radical (unpaired) electrons. The van der Waals surface area contributed by atoms with E-state index >= 15 is 0 Å². The van der Waals surface area contributed by atoms with Gasteiger partial charge < -0.3 is 20.2 Å². The Labute approximate surface area is 215 Å². The van der Waals surface area contributed by atoms with Gasteiger partial charge in [0.2, 0.25) is 0 Å². The van der Waals surface area contributed by atoms with E-state index in [0.29, 0.717) is 17.7 Å². The molecule has 0 saturated carbocycles. The van der Waals surface area contributed by atoms with E-state index in [1.54, 1.807) is 20.8 Å². The fourth-order valence-corrected chi connectivity index (χ4v) is 4.53. The van der Waals surface area contributed by atoms with Crippen molar-refractivity contribution in [2.45, 2.75) is 92.2 Å². The van der Waals surface area contributed by atoms with Gasteiger partial charge in [-0.15, -0.1) is 0 Å². The Morgan fingerprint density at radius 3 is 2.27 bits per heavy atom. The van der Waals surface area contributed by atoms with E-state index in [1.807, 2.05) is 20.8 Å². The summed E-state index contributed by atoms with van der Waals surface area (Å²) in [5, 5.41) is 24.6. The minimum absolute atomic E-state index is 0.188. The number of rotatable bonds is 6. The van der Waals surface area contributed by atoms with Crippen molar-refractivity contribution in [2.75, 3.05) is 11.9 Å². The predicted molar refractivity (Wildman–Crippen MR) is 133 cm³/mol. The third-order valence-electron chi connectivity index (χ3n) is 7.04. The number of nitrogens with one attached hydrogen (secondary N) is 1. The molecule has 0 aliphatic carbocycles. The van der Waals surface area contributed by atoms with Crippen molar-refractivity contribution in [3.05, 3.63) is 33.9 Å². The number of carboxylic acid groups (broad SMARTS) is 1. The molecular weight excluding hydrogens is 493 g/mol. The standard InChI is InChI=1S/C25H37F3N4O5/c1-15(23(2,3)4)31(21(33)25(26,27)28)14-16-8-9-18(19(12-16)32(36)37)29-17-10-11-30(22(34)35)20(13-17)24(5,6)7/h8-9,12,15,17,20,29H,10-11,13-14H2,1-7H3,(H,34,35)/t15?,17?,20-/m0/s1. The van der Waals surface area contributed by atoms with E-state index in [9.17, 15) is 38.0 Å². The number of halogens is 3. The summed E-state index contributed by atoms with van der Waals surface area (Å²) < 4.78 is 40.0. The number of hydrogen-bond donors (Lipinski definition) is 2. The number of likely N-dealkylation sites (tertiary alicyclic amines) is 1. The molecule has 37 heavy (non-hydrogen) atoms. The maximum Gasteiger partial charge on any atom is 0.471 e. The molecule has 1 heterocycles. The highest BCUT2D eigenvalue weighted by molar-refractivity contribution is 5.82. The second-order valence-electron chi connectivity index (χ2n) is 11.8. The molecule has 1 aliphatic rings. The van der Waals surface area contributed by atoms with E-state index in [2.05, 4.69) is 5.32 Å². The molecule has 1 aromatic carbocycles. The van der Waals surface area contributed by atoms with Crippen LogP contribution in [-0.4, -0.2) is 62.7 Å². The van der Waals surface area contributed by atoms with Crippen LogP contribution in [0.5, 0.6) is 0 Å². The summed E-state index contributed by atoms with van der Waals surface area (Å²) in [6.07, 6.45) is -5.22. The second kappa shape index (κ2) is 10.7. The van der Waals surface area contributed by atoms with E-state index in [4.69, 9.17) is 0 Å². The summed E-state index contributed by atoms with van der Waals surface area (Å²) in [6.45, 7) is 12.3. The Kier molecular flexibility index (Phi) is 8.76. The molecule has 2 unspecified atom stereocenters. The second-order valence-corrected chi connectivity index (χ2v) is 11.8. The van der Waals surface area contributed by atoms with Gasteiger partial charge in [-0.05, 0) is 42.2 Å². The van der Waals surface area contributed by atoms with Crippen LogP contribution in [0.4, 0.5) is 29.3 Å². The summed E-state index contributed by atoms with van der Waals surface area (Å²) in [7, 11) is 0. The minimum atomic E-state index is -5.08. The van der Waals surface area contributed by atoms with Gasteiger partial charge in [-0.3, -0.25) is 14.9 Å². The molecule has 2 N–H and O–H groups in total. The monoisotopic (exact) mass is 530 g/mol. The van der Waals surface area contributed by atoms with Gasteiger partial charge >= 0.3 is 18.2 Å². The van der Waals surface area contributed by atoms with Gasteiger partial charge in [0.05, 0.1) is 4.92 Å². The minimum Gasteiger partial charge on any atom is -0.465 e. The number of alkyl halides is 3. The Morgan fingerprint density at radius 1 is 1.22 bits per heavy atom. The molecule has 1 aromatic rings. The van der Waals surface area contributed by atoms with E-state index in [1.165, 1.54) is 30.0 Å². The molecule has 0 spiro atoms. The lowest BCUT2D eigenvalue weighted by Crippen LogP contribution is -2.54. The van der Waals surface area contributed by atoms with Gasteiger partial charge in [-0.25, -0.2) is 4.79 Å². The highest BCUT2D eigenvalue weighted by Crippen LogP contribution is 2.36. The molecule has 1 fully saturated rings. The molecule has 9 nitrogen and oxygen atoms in total. The summed E-state index contributed by atoms with van der Waals surface area (Å²) in [5.74, 6) is -2.00. The number of nitro groups is 1. The lowest BCUT2D eigenvalue weighted by atomic mass is 9.79. The van der Waals surface area contributed by atoms with Crippen molar-refractivity contribution in [1.29, 1.82) is 0 Å². The van der Waals surface area contributed by atoms with Crippen LogP contribution in [0, 0.1) is 20.9 Å². The van der Waals surface area contributed by atoms with Crippen molar-refractivity contribution in [2.24, 2.45) is 10.8 Å². The SMILES string of the molecule is CC(N(Cc1ccc(NC2CCN(C(=O)O)[C@H](C(C)(C)C)C2)c([N+](=O)[O-])c1)C(=O)C(F)(F)F)C(C)(C)C. The molecule has 208 valence electrons. The van der Waals surface area contributed by atoms with Crippen molar-refractivity contribution in [3.8, 4) is 0 Å². The highest BCUT2D eigenvalue weighted by Gasteiger charge is 2.46. The average molecular weight is 531 g/mol. The number of benzene rings is 1. The lowest BCUT2D eigenvalue weighted by Gasteiger charge is -2.44. The molecule has 2 rings (SSSR count). The molecule has 0 aromatic heterocycles. The van der Waals surface area contributed by atoms with Crippen LogP contribution in [0.1, 0.15) is 66.9 Å². The number of piperidine rings is 1. The molecule has 3 atom stereocenters. The van der Waals surface area contributed by atoms with E-state index in [-0.39, 0.29) is 41.0 Å². The predicted octanol–water partition coefficient (Wildman–Crippen LogP) is 5.89. The number of hydrogen-bond acceptors (Lipinski definition) is 5. The third-order valence-corrected chi connectivity index (χ3v) is 7.04. The largest absolute Gasteiger partial charge is 0.471 e. The average Bonchev–Trinajstić information content (AvgIpc) is 2.75. The fourth-order valence-electron chi connectivity index (χ4n) is 4.53. The third kappa shape index (κ3) is 7.48. The van der Waals surface area contributed by atoms with Crippen LogP contribution in [0.15, 0.2) is 18.2 Å². The summed E-state index contributed by atoms with van der Waals surface area (Å²) in [6, 6.07) is 2.73. The van der Waals surface area contributed by atoms with Crippen molar-refractivity contribution >= 4 is 23.4 Å². The first kappa shape index (κ1) is 30.2. The Bertz CT molecular complexity index is 1020. The van der Waals surface area contributed by atoms with Gasteiger partial charge in [0.1, 0.15) is 5.69 Å². The van der Waals surface area contributed by atoms with Gasteiger partial charge in [0.25, 0.3) is 5.69 Å². The van der Waals surface area contributed by atoms with E-state index < -0.39 is 41.1 Å². The first-order valence-electron chi connectivity index (χ1n) is 12.1. The zero-order valence-corrected chi connectivity index (χ0v) is 22.3. The first-order valence-corrected chi connectivity index (χ1v) is 12.1. The molecule has 1 saturated heterocycles. The Morgan fingerprint density at radius 2 is 1.81 bits per heavy atom. The lowest BCUT2D eigenvalue weighted by molar-refractivity contribution is -0.384. The van der Waals surface area contributed by atoms with Crippen LogP contribution in [-0.2, 0) is 11.3 Å². The van der Waals surface area contributed by atoms with Crippen LogP contribution < -0.4 is 5.32 Å². The van der Waals surface area contributed by atoms with Gasteiger partial charge in [0, 0.05) is 37.3 Å². The first-order chi connectivity index (χ1) is 16.7. The fraction of sp³-hybridized carbons (Fsp3) is 0.680. The smallest absolute Gasteiger partial charge is 0.465 e. The van der Waals surface area contributed by atoms with Crippen molar-refractivity contribution < 1.29 is 32.8 Å². The van der Waals surface area contributed by atoms with Gasteiger partial charge in [-0.1, -0.05) is 47.6 Å². The number of nitrogens with zero attached hydrogens (tertiary/aromatic N) is 3. The zero-order valence-electron chi connectivity index (χ0n) is 22.3. The number of amides is 2. The van der Waals surface area contributed by atoms with Crippen LogP contribution in [0.2, 0.25) is 0 Å². The Balaban J connectivity index is 2.34. The van der Waals surface area contributed by atoms with Crippen molar-refractivity contribution in [3.63, 3.8) is 0 Å². The van der Waals surface area contributed by atoms with Gasteiger partial charge in [0.15, 0.2) is 0 Å². The number of carbonyl (C=O) groups excluding carboxylic acids is 1. The van der Waals surface area contributed by atoms with Crippen LogP contribution in [0.25, 0.3) is 0 Å². The maximum absolute atomic E-state index is 13.3. The van der Waals surface area contributed by atoms with Gasteiger partial charge in [-0.2, -0.15) is 13.2 Å². The normalized spacial score (nSPS) is 19.8. The quantitative estimate of drug-likeness (QED) is 0.350. The zero-order chi connectivity index (χ0) is 28.5. The van der Waals surface area contributed by atoms with Crippen LogP contribution in [0.3, 0.4) is 0 Å². The topological polar surface area (TPSA) is 116 Å². The highest BCUT2D eigenvalue weighted by atomic mass is 19.4. The Hall–Kier alpha value is -3.05. The summed E-state index contributed by atoms with van der Waals surface area (Å²) in [4.78, 5) is 37.2. The summed E-state index contributed by atoms with van der Waals surface area (Å²) in [5.41, 5.74) is -0.963. The number of anilines is 1. The summed E-state index contributed by atoms with van der Waals surface area (Å²) >= 11 is 0. The van der Waals surface area contributed by atoms with Crippen LogP contribution >= 0.6 is 0 Å². The maximum atomic E-state index is 13.3. The van der Waals surface area contributed by atoms with E-state index in [0.717, 1.165) is 0 Å². The molecule has 0 bridgehead atoms. The molecular formula is C25H37F3N4O5.